The zero-order valence-corrected chi connectivity index (χ0v) is 14.6. The topological polar surface area (TPSA) is 215 Å². The van der Waals surface area contributed by atoms with E-state index in [1.165, 1.54) is 0 Å². The molecule has 148 valence electrons. The molecule has 0 saturated carbocycles. The van der Waals surface area contributed by atoms with E-state index in [1.807, 2.05) is 0 Å². The van der Waals surface area contributed by atoms with Gasteiger partial charge in [0.2, 0.25) is 0 Å². The lowest BCUT2D eigenvalue weighted by molar-refractivity contribution is -0.0528. The van der Waals surface area contributed by atoms with Gasteiger partial charge in [0.05, 0.1) is 19.1 Å². The van der Waals surface area contributed by atoms with Gasteiger partial charge in [-0.1, -0.05) is 0 Å². The number of rotatable bonds is 5. The molecule has 1 aliphatic rings. The molecule has 0 radical (unpaired) electrons. The minimum atomic E-state index is -4.28. The van der Waals surface area contributed by atoms with Crippen LogP contribution in [0.4, 0.5) is 5.82 Å². The molecule has 0 aromatic carbocycles. The van der Waals surface area contributed by atoms with E-state index in [9.17, 15) is 23.4 Å². The maximum Gasteiger partial charge on any atom is 0.359 e. The fourth-order valence-corrected chi connectivity index (χ4v) is 2.97. The normalized spacial score (nSPS) is 25.8. The van der Waals surface area contributed by atoms with Crippen LogP contribution in [0.1, 0.15) is 16.7 Å². The molecule has 0 amide bonds. The number of fused-ring (bicyclic) bond motifs is 1. The molecule has 27 heavy (non-hydrogen) atoms. The minimum Gasteiger partial charge on any atom is -0.464 e. The summed E-state index contributed by atoms with van der Waals surface area (Å²) in [5.74, 6) is -0.892. The highest BCUT2D eigenvalue weighted by Crippen LogP contribution is 2.33. The molecule has 14 nitrogen and oxygen atoms in total. The summed E-state index contributed by atoms with van der Waals surface area (Å²) in [7, 11) is -3.14. The van der Waals surface area contributed by atoms with Crippen LogP contribution < -0.4 is 10.9 Å². The molecule has 3 heterocycles. The Kier molecular flexibility index (Phi) is 4.98. The van der Waals surface area contributed by atoms with Crippen molar-refractivity contribution in [3.05, 3.63) is 12.0 Å². The Balaban J connectivity index is 2.00. The van der Waals surface area contributed by atoms with E-state index < -0.39 is 47.4 Å². The summed E-state index contributed by atoms with van der Waals surface area (Å²) in [5, 5.41) is 29.2. The smallest absolute Gasteiger partial charge is 0.359 e. The summed E-state index contributed by atoms with van der Waals surface area (Å²) >= 11 is 0. The van der Waals surface area contributed by atoms with Crippen LogP contribution in [0.25, 0.3) is 11.0 Å². The molecular formula is C12H16N6O8S. The van der Waals surface area contributed by atoms with E-state index in [-0.39, 0.29) is 22.5 Å². The zero-order valence-electron chi connectivity index (χ0n) is 13.8. The predicted octanol–water partition coefficient (Wildman–Crippen LogP) is -2.97. The van der Waals surface area contributed by atoms with Gasteiger partial charge in [-0.15, -0.1) is 0 Å². The molecule has 1 fully saturated rings. The Hall–Kier alpha value is -2.43. The monoisotopic (exact) mass is 404 g/mol. The van der Waals surface area contributed by atoms with Gasteiger partial charge in [-0.25, -0.2) is 24.6 Å². The van der Waals surface area contributed by atoms with Crippen molar-refractivity contribution in [2.75, 3.05) is 19.5 Å². The van der Waals surface area contributed by atoms with Crippen molar-refractivity contribution in [2.45, 2.75) is 24.5 Å². The summed E-state index contributed by atoms with van der Waals surface area (Å²) in [6.45, 7) is -0.645. The highest BCUT2D eigenvalue weighted by atomic mass is 32.2. The average molecular weight is 404 g/mol. The molecular weight excluding hydrogens is 388 g/mol. The van der Waals surface area contributed by atoms with Crippen molar-refractivity contribution in [3.63, 3.8) is 0 Å². The first kappa shape index (κ1) is 19.3. The van der Waals surface area contributed by atoms with E-state index in [4.69, 9.17) is 15.6 Å². The Labute approximate surface area is 151 Å². The molecule has 1 aliphatic heterocycles. The van der Waals surface area contributed by atoms with Crippen molar-refractivity contribution in [1.29, 1.82) is 0 Å². The number of hydrogen-bond acceptors (Lipinski definition) is 12. The van der Waals surface area contributed by atoms with E-state index >= 15 is 0 Å². The van der Waals surface area contributed by atoms with Crippen LogP contribution in [-0.2, 0) is 24.0 Å². The number of nitrogen functional groups attached to an aromatic ring is 1. The summed E-state index contributed by atoms with van der Waals surface area (Å²) in [5.41, 5.74) is 5.59. The lowest BCUT2D eigenvalue weighted by atomic mass is 10.1. The second kappa shape index (κ2) is 6.95. The number of nitrogens with zero attached hydrogens (tertiary/aromatic N) is 4. The highest BCUT2D eigenvalue weighted by Gasteiger charge is 2.46. The summed E-state index contributed by atoms with van der Waals surface area (Å²) in [4.78, 5) is 19.7. The van der Waals surface area contributed by atoms with Gasteiger partial charge >= 0.3 is 16.3 Å². The van der Waals surface area contributed by atoms with Crippen LogP contribution >= 0.6 is 0 Å². The van der Waals surface area contributed by atoms with Crippen LogP contribution in [0.2, 0.25) is 0 Å². The molecule has 15 heteroatoms. The number of aliphatic hydroxyl groups is 2. The number of anilines is 1. The number of ether oxygens (including phenoxy) is 2. The number of carbonyl (C=O) groups excluding carboxylic acids is 1. The van der Waals surface area contributed by atoms with Crippen molar-refractivity contribution in [1.82, 2.24) is 19.7 Å². The fourth-order valence-electron chi connectivity index (χ4n) is 2.64. The molecule has 1 saturated heterocycles. The highest BCUT2D eigenvalue weighted by molar-refractivity contribution is 7.84. The van der Waals surface area contributed by atoms with E-state index in [2.05, 4.69) is 24.0 Å². The molecule has 0 spiro atoms. The van der Waals surface area contributed by atoms with Crippen molar-refractivity contribution >= 4 is 33.1 Å². The lowest BCUT2D eigenvalue weighted by Crippen LogP contribution is -2.35. The third kappa shape index (κ3) is 3.55. The fraction of sp³-hybridized carbons (Fsp3) is 0.500. The van der Waals surface area contributed by atoms with Crippen LogP contribution in [0.15, 0.2) is 6.33 Å². The molecule has 0 bridgehead atoms. The van der Waals surface area contributed by atoms with Gasteiger partial charge in [-0.2, -0.15) is 13.5 Å². The van der Waals surface area contributed by atoms with Gasteiger partial charge in [0.1, 0.15) is 30.5 Å². The van der Waals surface area contributed by atoms with Crippen molar-refractivity contribution < 1.29 is 37.1 Å². The van der Waals surface area contributed by atoms with Gasteiger partial charge in [-0.3, -0.25) is 4.18 Å². The second-order valence-corrected chi connectivity index (χ2v) is 6.79. The Morgan fingerprint density at radius 1 is 1.37 bits per heavy atom. The number of hydrogen-bond donors (Lipinski definition) is 4. The molecule has 4 atom stereocenters. The first-order valence-corrected chi connectivity index (χ1v) is 8.87. The third-order valence-electron chi connectivity index (χ3n) is 3.87. The number of aliphatic hydroxyl groups excluding tert-OH is 2. The quantitative estimate of drug-likeness (QED) is 0.367. The van der Waals surface area contributed by atoms with E-state index in [1.54, 1.807) is 0 Å². The molecule has 2 aromatic heterocycles. The summed E-state index contributed by atoms with van der Waals surface area (Å²) in [6, 6.07) is 0. The SMILES string of the molecule is COC(=O)c1nn([C@@H]2O[C@H](COS(N)(=O)=O)[C@H](O)[C@@H]2O)c2ncnc(N)c12. The number of aromatic nitrogens is 4. The maximum atomic E-state index is 12.0. The summed E-state index contributed by atoms with van der Waals surface area (Å²) < 4.78 is 37.3. The molecule has 3 rings (SSSR count). The van der Waals surface area contributed by atoms with Gasteiger partial charge in [0, 0.05) is 0 Å². The van der Waals surface area contributed by atoms with Crippen molar-refractivity contribution in [2.24, 2.45) is 5.14 Å². The van der Waals surface area contributed by atoms with Crippen molar-refractivity contribution in [3.8, 4) is 0 Å². The number of methoxy groups -OCH3 is 1. The zero-order chi connectivity index (χ0) is 19.9. The minimum absolute atomic E-state index is 0.0344. The Morgan fingerprint density at radius 3 is 2.70 bits per heavy atom. The van der Waals surface area contributed by atoms with Crippen LogP contribution in [0.5, 0.6) is 0 Å². The van der Waals surface area contributed by atoms with Gasteiger partial charge in [0.25, 0.3) is 0 Å². The second-order valence-electron chi connectivity index (χ2n) is 5.57. The average Bonchev–Trinajstić information content (AvgIpc) is 3.12. The standard InChI is InChI=1S/C12H16N6O8S/c1-24-12(21)6-5-9(13)15-3-16-10(5)18(17-6)11-8(20)7(19)4(26-11)2-25-27(14,22)23/h3-4,7-8,11,19-20H,2H2,1H3,(H2,13,15,16)(H2,14,22,23)/t4-,7+,8+,11-/m1/s1. The van der Waals surface area contributed by atoms with Crippen LogP contribution in [-0.4, -0.2) is 76.4 Å². The van der Waals surface area contributed by atoms with E-state index in [0.717, 1.165) is 18.1 Å². The lowest BCUT2D eigenvalue weighted by Gasteiger charge is -2.15. The van der Waals surface area contributed by atoms with Gasteiger partial charge in [-0.05, 0) is 0 Å². The first-order valence-electron chi connectivity index (χ1n) is 7.39. The van der Waals surface area contributed by atoms with Gasteiger partial charge < -0.3 is 25.4 Å². The first-order chi connectivity index (χ1) is 12.6. The Morgan fingerprint density at radius 2 is 2.07 bits per heavy atom. The largest absolute Gasteiger partial charge is 0.464 e. The predicted molar refractivity (Wildman–Crippen MR) is 86.1 cm³/mol. The third-order valence-corrected chi connectivity index (χ3v) is 4.34. The maximum absolute atomic E-state index is 12.0. The van der Waals surface area contributed by atoms with Crippen LogP contribution in [0, 0.1) is 0 Å². The molecule has 6 N–H and O–H groups in total. The Bertz CT molecular complexity index is 978. The molecule has 0 unspecified atom stereocenters. The van der Waals surface area contributed by atoms with E-state index in [0.29, 0.717) is 0 Å². The number of carbonyl (C=O) groups is 1. The molecule has 0 aliphatic carbocycles. The number of esters is 1. The van der Waals surface area contributed by atoms with Crippen LogP contribution in [0.3, 0.4) is 0 Å². The summed E-state index contributed by atoms with van der Waals surface area (Å²) in [6.07, 6.45) is -4.55. The number of nitrogens with two attached hydrogens (primary N) is 2. The van der Waals surface area contributed by atoms with Gasteiger partial charge in [0.15, 0.2) is 17.6 Å². The molecule has 2 aromatic rings.